The number of amides is 1. The molecule has 1 fully saturated rings. The van der Waals surface area contributed by atoms with Crippen molar-refractivity contribution in [1.82, 2.24) is 10.2 Å². The number of alkyl halides is 3. The highest BCUT2D eigenvalue weighted by molar-refractivity contribution is 7.91. The van der Waals surface area contributed by atoms with Crippen molar-refractivity contribution in [3.8, 4) is 0 Å². The van der Waals surface area contributed by atoms with Gasteiger partial charge in [-0.25, -0.2) is 8.42 Å². The van der Waals surface area contributed by atoms with E-state index in [1.165, 1.54) is 13.8 Å². The fourth-order valence-corrected chi connectivity index (χ4v) is 3.52. The van der Waals surface area contributed by atoms with Gasteiger partial charge in [-0.05, 0) is 13.8 Å². The van der Waals surface area contributed by atoms with Gasteiger partial charge in [-0.15, -0.1) is 0 Å². The Morgan fingerprint density at radius 2 is 2.00 bits per heavy atom. The van der Waals surface area contributed by atoms with Crippen LogP contribution < -0.4 is 5.32 Å². The zero-order valence-electron chi connectivity index (χ0n) is 11.4. The second-order valence-corrected chi connectivity index (χ2v) is 7.43. The number of carbonyl (C=O) groups is 1. The SMILES string of the molecule is CC(C)N(CC(F)(F)F)C(=O)CC1CS(=O)(=O)CCN1. The first-order valence-corrected chi connectivity index (χ1v) is 8.12. The predicted octanol–water partition coefficient (Wildman–Crippen LogP) is 0.562. The predicted molar refractivity (Wildman–Crippen MR) is 68.0 cm³/mol. The van der Waals surface area contributed by atoms with Crippen LogP contribution in [-0.2, 0) is 14.6 Å². The lowest BCUT2D eigenvalue weighted by atomic mass is 10.2. The number of rotatable bonds is 4. The van der Waals surface area contributed by atoms with E-state index in [9.17, 15) is 26.4 Å². The van der Waals surface area contributed by atoms with Gasteiger partial charge in [0.25, 0.3) is 0 Å². The third kappa shape index (κ3) is 5.66. The van der Waals surface area contributed by atoms with Crippen molar-refractivity contribution in [1.29, 1.82) is 0 Å². The molecule has 118 valence electrons. The van der Waals surface area contributed by atoms with E-state index in [4.69, 9.17) is 0 Å². The molecule has 0 aromatic rings. The average molecular weight is 316 g/mol. The molecule has 1 atom stereocenters. The van der Waals surface area contributed by atoms with Gasteiger partial charge in [0.05, 0.1) is 11.5 Å². The summed E-state index contributed by atoms with van der Waals surface area (Å²) in [7, 11) is -3.21. The minimum Gasteiger partial charge on any atom is -0.331 e. The minimum absolute atomic E-state index is 0.00582. The molecule has 0 aliphatic carbocycles. The molecule has 0 saturated carbocycles. The highest BCUT2D eigenvalue weighted by Gasteiger charge is 2.35. The summed E-state index contributed by atoms with van der Waals surface area (Å²) in [6.07, 6.45) is -4.71. The van der Waals surface area contributed by atoms with Gasteiger partial charge < -0.3 is 10.2 Å². The maximum absolute atomic E-state index is 12.4. The van der Waals surface area contributed by atoms with Crippen LogP contribution in [0.4, 0.5) is 13.2 Å². The lowest BCUT2D eigenvalue weighted by molar-refractivity contribution is -0.164. The molecular formula is C11H19F3N2O3S. The number of hydrogen-bond acceptors (Lipinski definition) is 4. The summed E-state index contributed by atoms with van der Waals surface area (Å²) in [4.78, 5) is 12.7. The molecule has 1 aliphatic rings. The number of hydrogen-bond donors (Lipinski definition) is 1. The van der Waals surface area contributed by atoms with Gasteiger partial charge in [-0.1, -0.05) is 0 Å². The number of nitrogens with one attached hydrogen (secondary N) is 1. The van der Waals surface area contributed by atoms with Crippen LogP contribution in [0.1, 0.15) is 20.3 Å². The van der Waals surface area contributed by atoms with Gasteiger partial charge >= 0.3 is 6.18 Å². The number of sulfone groups is 1. The Labute approximate surface area is 116 Å². The molecule has 0 bridgehead atoms. The summed E-state index contributed by atoms with van der Waals surface area (Å²) in [5.41, 5.74) is 0. The van der Waals surface area contributed by atoms with E-state index in [0.717, 1.165) is 4.90 Å². The van der Waals surface area contributed by atoms with E-state index >= 15 is 0 Å². The Morgan fingerprint density at radius 1 is 1.40 bits per heavy atom. The maximum atomic E-state index is 12.4. The lowest BCUT2D eigenvalue weighted by Crippen LogP contribution is -2.50. The molecule has 20 heavy (non-hydrogen) atoms. The minimum atomic E-state index is -4.47. The molecule has 1 saturated heterocycles. The molecule has 1 amide bonds. The van der Waals surface area contributed by atoms with Crippen molar-refractivity contribution in [2.45, 2.75) is 38.5 Å². The van der Waals surface area contributed by atoms with Crippen molar-refractivity contribution >= 4 is 15.7 Å². The molecule has 1 N–H and O–H groups in total. The Kier molecular flexibility index (Phi) is 5.42. The van der Waals surface area contributed by atoms with Crippen LogP contribution in [0.3, 0.4) is 0 Å². The molecule has 0 radical (unpaired) electrons. The Morgan fingerprint density at radius 3 is 2.45 bits per heavy atom. The van der Waals surface area contributed by atoms with Crippen LogP contribution in [0.25, 0.3) is 0 Å². The zero-order valence-corrected chi connectivity index (χ0v) is 12.2. The smallest absolute Gasteiger partial charge is 0.331 e. The first-order valence-electron chi connectivity index (χ1n) is 6.30. The lowest BCUT2D eigenvalue weighted by Gasteiger charge is -2.30. The van der Waals surface area contributed by atoms with Gasteiger partial charge in [0.1, 0.15) is 6.54 Å². The van der Waals surface area contributed by atoms with Crippen LogP contribution in [0.15, 0.2) is 0 Å². The largest absolute Gasteiger partial charge is 0.406 e. The van der Waals surface area contributed by atoms with E-state index in [0.29, 0.717) is 0 Å². The van der Waals surface area contributed by atoms with Gasteiger partial charge in [0, 0.05) is 25.0 Å². The molecular weight excluding hydrogens is 297 g/mol. The number of carbonyl (C=O) groups excluding carboxylic acids is 1. The number of nitrogens with zero attached hydrogens (tertiary/aromatic N) is 1. The highest BCUT2D eigenvalue weighted by atomic mass is 32.2. The maximum Gasteiger partial charge on any atom is 0.406 e. The normalized spacial score (nSPS) is 22.8. The van der Waals surface area contributed by atoms with E-state index in [-0.39, 0.29) is 24.5 Å². The average Bonchev–Trinajstić information content (AvgIpc) is 2.22. The van der Waals surface area contributed by atoms with E-state index in [1.807, 2.05) is 0 Å². The summed E-state index contributed by atoms with van der Waals surface area (Å²) in [5.74, 6) is -0.905. The molecule has 0 aromatic carbocycles. The third-order valence-corrected chi connectivity index (χ3v) is 4.75. The van der Waals surface area contributed by atoms with Gasteiger partial charge in [0.2, 0.25) is 5.91 Å². The molecule has 1 aliphatic heterocycles. The third-order valence-electron chi connectivity index (χ3n) is 3.02. The van der Waals surface area contributed by atoms with Crippen molar-refractivity contribution in [2.75, 3.05) is 24.6 Å². The monoisotopic (exact) mass is 316 g/mol. The standard InChI is InChI=1S/C11H19F3N2O3S/c1-8(2)16(7-11(12,13)14)10(17)5-9-6-20(18,19)4-3-15-9/h8-9,15H,3-7H2,1-2H3. The molecule has 1 unspecified atom stereocenters. The Balaban J connectivity index is 2.67. The fourth-order valence-electron chi connectivity index (χ4n) is 2.08. The van der Waals surface area contributed by atoms with E-state index in [1.54, 1.807) is 0 Å². The summed E-state index contributed by atoms with van der Waals surface area (Å²) < 4.78 is 60.1. The van der Waals surface area contributed by atoms with Gasteiger partial charge in [0.15, 0.2) is 9.84 Å². The first-order chi connectivity index (χ1) is 9.00. The van der Waals surface area contributed by atoms with Crippen LogP contribution in [0.2, 0.25) is 0 Å². The summed E-state index contributed by atoms with van der Waals surface area (Å²) in [5, 5.41) is 2.85. The van der Waals surface area contributed by atoms with Crippen molar-refractivity contribution in [3.05, 3.63) is 0 Å². The number of halogens is 3. The Hall–Kier alpha value is -0.830. The van der Waals surface area contributed by atoms with Crippen LogP contribution >= 0.6 is 0 Å². The molecule has 0 spiro atoms. The zero-order chi connectivity index (χ0) is 15.6. The van der Waals surface area contributed by atoms with Crippen LogP contribution in [0.5, 0.6) is 0 Å². The van der Waals surface area contributed by atoms with E-state index < -0.39 is 40.5 Å². The summed E-state index contributed by atoms with van der Waals surface area (Å²) in [6.45, 7) is 1.90. The quantitative estimate of drug-likeness (QED) is 0.823. The molecule has 9 heteroatoms. The van der Waals surface area contributed by atoms with Crippen molar-refractivity contribution < 1.29 is 26.4 Å². The topological polar surface area (TPSA) is 66.5 Å². The Bertz CT molecular complexity index is 448. The van der Waals surface area contributed by atoms with Gasteiger partial charge in [-0.2, -0.15) is 13.2 Å². The molecule has 1 heterocycles. The van der Waals surface area contributed by atoms with Crippen LogP contribution in [0, 0.1) is 0 Å². The first kappa shape index (κ1) is 17.2. The van der Waals surface area contributed by atoms with E-state index in [2.05, 4.69) is 5.32 Å². The molecule has 5 nitrogen and oxygen atoms in total. The second kappa shape index (κ2) is 6.30. The van der Waals surface area contributed by atoms with Gasteiger partial charge in [-0.3, -0.25) is 4.79 Å². The van der Waals surface area contributed by atoms with Crippen molar-refractivity contribution in [3.63, 3.8) is 0 Å². The summed E-state index contributed by atoms with van der Waals surface area (Å²) >= 11 is 0. The molecule has 0 aromatic heterocycles. The summed E-state index contributed by atoms with van der Waals surface area (Å²) in [6, 6.07) is -1.21. The second-order valence-electron chi connectivity index (χ2n) is 5.20. The molecule has 1 rings (SSSR count). The fraction of sp³-hybridized carbons (Fsp3) is 0.909. The highest BCUT2D eigenvalue weighted by Crippen LogP contribution is 2.19. The van der Waals surface area contributed by atoms with Crippen LogP contribution in [-0.4, -0.2) is 62.1 Å². The van der Waals surface area contributed by atoms with Crippen molar-refractivity contribution in [2.24, 2.45) is 0 Å².